The number of rotatable bonds is 11. The first-order chi connectivity index (χ1) is 28.9. The Labute approximate surface area is 363 Å². The van der Waals surface area contributed by atoms with Gasteiger partial charge in [-0.2, -0.15) is 5.10 Å². The molecule has 14 heteroatoms. The van der Waals surface area contributed by atoms with Gasteiger partial charge < -0.3 is 24.2 Å². The summed E-state index contributed by atoms with van der Waals surface area (Å²) >= 11 is 1.43. The third kappa shape index (κ3) is 10.5. The van der Waals surface area contributed by atoms with Crippen LogP contribution in [0.15, 0.2) is 54.7 Å². The predicted molar refractivity (Wildman–Crippen MR) is 243 cm³/mol. The minimum Gasteiger partial charge on any atom is -0.455 e. The first-order valence-electron chi connectivity index (χ1n) is 21.4. The minimum atomic E-state index is -0.724. The smallest absolute Gasteiger partial charge is 0.410 e. The fourth-order valence-corrected chi connectivity index (χ4v) is 8.91. The van der Waals surface area contributed by atoms with E-state index in [1.165, 1.54) is 43.4 Å². The number of hydrogen-bond donors (Lipinski definition) is 1. The van der Waals surface area contributed by atoms with Gasteiger partial charge in [-0.15, -0.1) is 0 Å². The topological polar surface area (TPSA) is 135 Å². The number of para-hydroxylation sites is 1. The quantitative estimate of drug-likeness (QED) is 0.128. The van der Waals surface area contributed by atoms with Crippen LogP contribution in [-0.4, -0.2) is 87.5 Å². The Morgan fingerprint density at radius 3 is 2.36 bits per heavy atom. The van der Waals surface area contributed by atoms with Gasteiger partial charge in [-0.05, 0) is 121 Å². The van der Waals surface area contributed by atoms with Gasteiger partial charge in [-0.25, -0.2) is 19.6 Å². The van der Waals surface area contributed by atoms with Crippen molar-refractivity contribution in [3.63, 3.8) is 0 Å². The van der Waals surface area contributed by atoms with Crippen molar-refractivity contribution in [1.82, 2.24) is 24.6 Å². The van der Waals surface area contributed by atoms with E-state index in [9.17, 15) is 14.4 Å². The summed E-state index contributed by atoms with van der Waals surface area (Å²) in [5.74, 6) is 0.453. The van der Waals surface area contributed by atoms with Crippen LogP contribution in [-0.2, 0) is 29.0 Å². The van der Waals surface area contributed by atoms with Gasteiger partial charge in [-0.3, -0.25) is 14.8 Å². The van der Waals surface area contributed by atoms with Gasteiger partial charge >= 0.3 is 12.1 Å². The maximum atomic E-state index is 14.4. The third-order valence-electron chi connectivity index (χ3n) is 11.3. The third-order valence-corrected chi connectivity index (χ3v) is 12.3. The van der Waals surface area contributed by atoms with E-state index >= 15 is 0 Å². The molecule has 3 aromatic heterocycles. The lowest BCUT2D eigenvalue weighted by molar-refractivity contribution is 0.00632. The lowest BCUT2D eigenvalue weighted by Gasteiger charge is -2.33. The summed E-state index contributed by atoms with van der Waals surface area (Å²) < 4.78 is 14.6. The Morgan fingerprint density at radius 1 is 0.902 bits per heavy atom. The van der Waals surface area contributed by atoms with E-state index < -0.39 is 23.3 Å². The van der Waals surface area contributed by atoms with E-state index in [1.807, 2.05) is 97.3 Å². The average molecular weight is 849 g/mol. The second-order valence-electron chi connectivity index (χ2n) is 18.5. The molecular formula is C47H60N8O5S. The first-order valence-corrected chi connectivity index (χ1v) is 22.2. The largest absolute Gasteiger partial charge is 0.455 e. The van der Waals surface area contributed by atoms with Crippen molar-refractivity contribution in [2.45, 2.75) is 111 Å². The van der Waals surface area contributed by atoms with Gasteiger partial charge in [-0.1, -0.05) is 42.7 Å². The van der Waals surface area contributed by atoms with Crippen LogP contribution >= 0.6 is 11.3 Å². The molecule has 0 unspecified atom stereocenters. The van der Waals surface area contributed by atoms with Crippen LogP contribution in [0.3, 0.4) is 0 Å². The van der Waals surface area contributed by atoms with Crippen molar-refractivity contribution in [2.75, 3.05) is 48.8 Å². The van der Waals surface area contributed by atoms with E-state index in [0.717, 1.165) is 44.8 Å². The van der Waals surface area contributed by atoms with Crippen molar-refractivity contribution in [3.05, 3.63) is 82.8 Å². The molecule has 0 bridgehead atoms. The van der Waals surface area contributed by atoms with E-state index in [1.54, 1.807) is 11.9 Å². The molecule has 13 nitrogen and oxygen atoms in total. The van der Waals surface area contributed by atoms with Crippen LogP contribution in [0.4, 0.5) is 21.4 Å². The molecule has 2 amide bonds. The molecule has 0 saturated heterocycles. The SMILES string of the molecule is Cc1c(-c2ccc(N3CCc4cc(N(C)CCN(C)C(=O)OC(C)(C)C)cc(C(=O)Nc5nc6ccccc6s5)c4C3)nc2C(=O)OC(C)(C)C)cnn1CC1CCCCC1. The number of fused-ring (bicyclic) bond motifs is 2. The highest BCUT2D eigenvalue weighted by atomic mass is 32.1. The zero-order chi connectivity index (χ0) is 43.6. The lowest BCUT2D eigenvalue weighted by atomic mass is 9.89. The number of aromatic nitrogens is 4. The molecule has 0 spiro atoms. The van der Waals surface area contributed by atoms with Gasteiger partial charge in [0.25, 0.3) is 5.91 Å². The van der Waals surface area contributed by atoms with Crippen LogP contribution in [0.1, 0.15) is 111 Å². The molecule has 4 heterocycles. The molecule has 2 aromatic carbocycles. The zero-order valence-electron chi connectivity index (χ0n) is 37.1. The minimum absolute atomic E-state index is 0.237. The number of thiazole rings is 1. The van der Waals surface area contributed by atoms with Crippen LogP contribution in [0.2, 0.25) is 0 Å². The van der Waals surface area contributed by atoms with Crippen molar-refractivity contribution in [3.8, 4) is 11.1 Å². The molecular weight excluding hydrogens is 789 g/mol. The van der Waals surface area contributed by atoms with Gasteiger partial charge in [0.1, 0.15) is 17.0 Å². The molecule has 1 N–H and O–H groups in total. The average Bonchev–Trinajstić information content (AvgIpc) is 3.79. The number of carbonyl (C=O) groups is 3. The highest BCUT2D eigenvalue weighted by molar-refractivity contribution is 7.22. The molecule has 1 saturated carbocycles. The molecule has 7 rings (SSSR count). The number of carbonyl (C=O) groups excluding carboxylic acids is 3. The van der Waals surface area contributed by atoms with Crippen LogP contribution in [0, 0.1) is 12.8 Å². The summed E-state index contributed by atoms with van der Waals surface area (Å²) in [5, 5.41) is 8.39. The van der Waals surface area contributed by atoms with E-state index in [4.69, 9.17) is 19.6 Å². The number of likely N-dealkylation sites (N-methyl/N-ethyl adjacent to an activating group) is 2. The lowest BCUT2D eigenvalue weighted by Crippen LogP contribution is -2.38. The first kappa shape index (κ1) is 43.6. The maximum Gasteiger partial charge on any atom is 0.410 e. The Bertz CT molecular complexity index is 2370. The second-order valence-corrected chi connectivity index (χ2v) is 19.5. The maximum absolute atomic E-state index is 14.4. The number of nitrogens with zero attached hydrogens (tertiary/aromatic N) is 7. The summed E-state index contributed by atoms with van der Waals surface area (Å²) in [7, 11) is 3.68. The Kier molecular flexibility index (Phi) is 12.7. The van der Waals surface area contributed by atoms with Gasteiger partial charge in [0, 0.05) is 74.9 Å². The molecule has 1 fully saturated rings. The summed E-state index contributed by atoms with van der Waals surface area (Å²) in [6, 6.07) is 15.8. The Morgan fingerprint density at radius 2 is 1.64 bits per heavy atom. The summed E-state index contributed by atoms with van der Waals surface area (Å²) in [6.07, 6.45) is 8.33. The number of nitrogens with one attached hydrogen (secondary N) is 1. The Balaban J connectivity index is 1.20. The molecule has 324 valence electrons. The number of ether oxygens (including phenoxy) is 2. The number of esters is 1. The van der Waals surface area contributed by atoms with E-state index in [0.29, 0.717) is 60.6 Å². The summed E-state index contributed by atoms with van der Waals surface area (Å²) in [6.45, 7) is 16.0. The molecule has 2 aliphatic rings. The van der Waals surface area contributed by atoms with Crippen molar-refractivity contribution in [2.24, 2.45) is 5.92 Å². The number of hydrogen-bond acceptors (Lipinski definition) is 11. The van der Waals surface area contributed by atoms with Crippen LogP contribution < -0.4 is 15.1 Å². The highest BCUT2D eigenvalue weighted by Crippen LogP contribution is 2.35. The fraction of sp³-hybridized carbons (Fsp3) is 0.489. The number of pyridine rings is 1. The molecule has 5 aromatic rings. The van der Waals surface area contributed by atoms with Crippen molar-refractivity contribution in [1.29, 1.82) is 0 Å². The normalized spacial score (nSPS) is 14.7. The second kappa shape index (κ2) is 17.8. The number of benzene rings is 2. The highest BCUT2D eigenvalue weighted by Gasteiger charge is 2.30. The number of amides is 2. The molecule has 0 radical (unpaired) electrons. The number of anilines is 3. The van der Waals surface area contributed by atoms with Crippen molar-refractivity contribution >= 4 is 56.2 Å². The van der Waals surface area contributed by atoms with Crippen molar-refractivity contribution < 1.29 is 23.9 Å². The predicted octanol–water partition coefficient (Wildman–Crippen LogP) is 9.52. The van der Waals surface area contributed by atoms with Gasteiger partial charge in [0.15, 0.2) is 10.8 Å². The summed E-state index contributed by atoms with van der Waals surface area (Å²) in [4.78, 5) is 56.5. The van der Waals surface area contributed by atoms with Gasteiger partial charge in [0.05, 0.1) is 16.4 Å². The summed E-state index contributed by atoms with van der Waals surface area (Å²) in [5.41, 5.74) is 5.57. The molecule has 1 aliphatic heterocycles. The van der Waals surface area contributed by atoms with Crippen LogP contribution in [0.25, 0.3) is 21.3 Å². The van der Waals surface area contributed by atoms with E-state index in [-0.39, 0.29) is 11.6 Å². The van der Waals surface area contributed by atoms with Crippen LogP contribution in [0.5, 0.6) is 0 Å². The zero-order valence-corrected chi connectivity index (χ0v) is 37.9. The molecule has 61 heavy (non-hydrogen) atoms. The Hall–Kier alpha value is -5.50. The monoisotopic (exact) mass is 848 g/mol. The molecule has 1 aliphatic carbocycles. The fourth-order valence-electron chi connectivity index (χ4n) is 8.05. The molecule has 0 atom stereocenters. The van der Waals surface area contributed by atoms with Gasteiger partial charge in [0.2, 0.25) is 0 Å². The standard InChI is InChI=1S/C47H60N8O5S/c1-30-36(27-48-55(30)28-31-15-11-10-12-16-31)34-19-20-40(50-41(34)43(57)59-46(2,3)4)54-22-21-32-25-33(52(8)23-24-53(9)45(58)60-47(5,6)7)26-35(37(32)29-54)42(56)51-44-49-38-17-13-14-18-39(38)61-44/h13-14,17-20,25-27,31H,10-12,15-16,21-24,28-29H2,1-9H3,(H,49,51,56). The van der Waals surface area contributed by atoms with E-state index in [2.05, 4.69) is 37.8 Å².